The maximum absolute atomic E-state index is 12.9. The number of allylic oxidation sites excluding steroid dienone is 1. The predicted octanol–water partition coefficient (Wildman–Crippen LogP) is 5.70. The van der Waals surface area contributed by atoms with Crippen molar-refractivity contribution in [2.75, 3.05) is 7.11 Å². The number of hydrogen-bond acceptors (Lipinski definition) is 4. The Morgan fingerprint density at radius 1 is 1.28 bits per heavy atom. The summed E-state index contributed by atoms with van der Waals surface area (Å²) in [7, 11) is 1.58. The van der Waals surface area contributed by atoms with E-state index in [1.807, 2.05) is 38.1 Å². The lowest BCUT2D eigenvalue weighted by atomic mass is 9.76. The van der Waals surface area contributed by atoms with Crippen molar-refractivity contribution in [3.05, 3.63) is 48.0 Å². The molecule has 0 N–H and O–H groups in total. The summed E-state index contributed by atoms with van der Waals surface area (Å²) >= 11 is 0. The smallest absolute Gasteiger partial charge is 0.237 e. The molecular formula is C25H38O4. The fourth-order valence-corrected chi connectivity index (χ4v) is 4.01. The van der Waals surface area contributed by atoms with Gasteiger partial charge in [-0.1, -0.05) is 70.2 Å². The molecule has 1 unspecified atom stereocenters. The molecule has 29 heavy (non-hydrogen) atoms. The van der Waals surface area contributed by atoms with Gasteiger partial charge in [-0.05, 0) is 37.7 Å². The van der Waals surface area contributed by atoms with Crippen molar-refractivity contribution >= 4 is 5.78 Å². The molecule has 1 aromatic carbocycles. The fourth-order valence-electron chi connectivity index (χ4n) is 4.01. The van der Waals surface area contributed by atoms with Crippen LogP contribution in [0.5, 0.6) is 0 Å². The first kappa shape index (κ1) is 23.8. The van der Waals surface area contributed by atoms with Crippen LogP contribution in [-0.4, -0.2) is 30.9 Å². The number of Topliss-reactive ketones (excluding diaryl/α,β-unsaturated/α-hetero) is 1. The van der Waals surface area contributed by atoms with E-state index in [4.69, 9.17) is 14.2 Å². The van der Waals surface area contributed by atoms with Gasteiger partial charge in [0.25, 0.3) is 0 Å². The number of hydrogen-bond donors (Lipinski definition) is 0. The molecule has 0 aromatic heterocycles. The van der Waals surface area contributed by atoms with Crippen LogP contribution in [0.25, 0.3) is 0 Å². The molecule has 1 saturated heterocycles. The van der Waals surface area contributed by atoms with Gasteiger partial charge in [-0.2, -0.15) is 0 Å². The van der Waals surface area contributed by atoms with Gasteiger partial charge in [0, 0.05) is 18.9 Å². The third-order valence-electron chi connectivity index (χ3n) is 6.09. The lowest BCUT2D eigenvalue weighted by Gasteiger charge is -2.47. The quantitative estimate of drug-likeness (QED) is 0.471. The number of rotatable bonds is 10. The van der Waals surface area contributed by atoms with Crippen molar-refractivity contribution in [2.45, 2.75) is 84.9 Å². The first-order valence-corrected chi connectivity index (χ1v) is 10.8. The van der Waals surface area contributed by atoms with Crippen LogP contribution in [0.2, 0.25) is 0 Å². The van der Waals surface area contributed by atoms with Crippen molar-refractivity contribution < 1.29 is 19.0 Å². The van der Waals surface area contributed by atoms with Crippen molar-refractivity contribution in [1.29, 1.82) is 0 Å². The van der Waals surface area contributed by atoms with Gasteiger partial charge in [0.05, 0.1) is 18.8 Å². The van der Waals surface area contributed by atoms with Crippen LogP contribution in [0.4, 0.5) is 0 Å². The second-order valence-corrected chi connectivity index (χ2v) is 8.77. The molecule has 1 aliphatic rings. The van der Waals surface area contributed by atoms with E-state index in [-0.39, 0.29) is 18.0 Å². The summed E-state index contributed by atoms with van der Waals surface area (Å²) in [5.74, 6) is -0.890. The summed E-state index contributed by atoms with van der Waals surface area (Å²) in [6, 6.07) is 10.2. The highest BCUT2D eigenvalue weighted by molar-refractivity contribution is 5.87. The average molecular weight is 403 g/mol. The molecule has 0 spiro atoms. The van der Waals surface area contributed by atoms with E-state index in [0.717, 1.165) is 19.3 Å². The minimum atomic E-state index is -1.23. The Labute approximate surface area is 176 Å². The van der Waals surface area contributed by atoms with Crippen LogP contribution in [0.15, 0.2) is 42.5 Å². The lowest BCUT2D eigenvalue weighted by molar-refractivity contribution is -0.284. The van der Waals surface area contributed by atoms with E-state index < -0.39 is 11.2 Å². The SMILES string of the molecule is CC/C=C/C(C)(C)[C@]1(OC)O[C@H](C[C@@H](C)C(C)OCc2ccccc2)CCC1=O. The maximum atomic E-state index is 12.9. The molecule has 0 aliphatic carbocycles. The highest BCUT2D eigenvalue weighted by atomic mass is 16.7. The Morgan fingerprint density at radius 2 is 1.97 bits per heavy atom. The van der Waals surface area contributed by atoms with Crippen LogP contribution >= 0.6 is 0 Å². The van der Waals surface area contributed by atoms with Gasteiger partial charge in [0.15, 0.2) is 5.78 Å². The van der Waals surface area contributed by atoms with Gasteiger partial charge in [-0.3, -0.25) is 4.79 Å². The number of carbonyl (C=O) groups excluding carboxylic acids is 1. The Bertz CT molecular complexity index is 667. The monoisotopic (exact) mass is 402 g/mol. The molecule has 0 radical (unpaired) electrons. The first-order chi connectivity index (χ1) is 13.8. The number of benzene rings is 1. The normalized spacial score (nSPS) is 25.3. The zero-order chi connectivity index (χ0) is 21.5. The number of methoxy groups -OCH3 is 1. The second kappa shape index (κ2) is 10.5. The van der Waals surface area contributed by atoms with Crippen LogP contribution in [0.3, 0.4) is 0 Å². The summed E-state index contributed by atoms with van der Waals surface area (Å²) in [6.45, 7) is 11.0. The summed E-state index contributed by atoms with van der Waals surface area (Å²) in [4.78, 5) is 12.9. The molecule has 4 nitrogen and oxygen atoms in total. The number of ketones is 1. The third kappa shape index (κ3) is 5.78. The van der Waals surface area contributed by atoms with E-state index in [0.29, 0.717) is 18.9 Å². The summed E-state index contributed by atoms with van der Waals surface area (Å²) in [6.07, 6.45) is 7.15. The van der Waals surface area contributed by atoms with Gasteiger partial charge in [-0.25, -0.2) is 0 Å². The number of carbonyl (C=O) groups is 1. The van der Waals surface area contributed by atoms with E-state index >= 15 is 0 Å². The van der Waals surface area contributed by atoms with Crippen LogP contribution in [0, 0.1) is 11.3 Å². The van der Waals surface area contributed by atoms with Crippen molar-refractivity contribution in [3.63, 3.8) is 0 Å². The minimum absolute atomic E-state index is 0.0280. The summed E-state index contributed by atoms with van der Waals surface area (Å²) < 4.78 is 18.3. The molecule has 1 heterocycles. The van der Waals surface area contributed by atoms with E-state index in [1.165, 1.54) is 5.56 Å². The zero-order valence-electron chi connectivity index (χ0n) is 18.9. The van der Waals surface area contributed by atoms with E-state index in [1.54, 1.807) is 7.11 Å². The Balaban J connectivity index is 2.01. The number of ether oxygens (including phenoxy) is 3. The van der Waals surface area contributed by atoms with Crippen LogP contribution in [0.1, 0.15) is 65.9 Å². The van der Waals surface area contributed by atoms with Gasteiger partial charge in [0.1, 0.15) is 0 Å². The van der Waals surface area contributed by atoms with Gasteiger partial charge >= 0.3 is 0 Å². The molecule has 4 atom stereocenters. The Kier molecular flexibility index (Phi) is 8.62. The largest absolute Gasteiger partial charge is 0.374 e. The fraction of sp³-hybridized carbons (Fsp3) is 0.640. The molecule has 1 aliphatic heterocycles. The topological polar surface area (TPSA) is 44.8 Å². The highest BCUT2D eigenvalue weighted by Crippen LogP contribution is 2.43. The standard InChI is InChI=1S/C25H38O4/c1-7-8-16-24(4,5)25(27-6)23(26)15-14-22(29-25)17-19(2)20(3)28-18-21-12-10-9-11-13-21/h8-13,16,19-20,22H,7,14-15,17-18H2,1-6H3/b16-8+/t19-,20?,22+,25-/m1/s1. The van der Waals surface area contributed by atoms with Crippen molar-refractivity contribution in [1.82, 2.24) is 0 Å². The molecular weight excluding hydrogens is 364 g/mol. The van der Waals surface area contributed by atoms with Gasteiger partial charge in [0.2, 0.25) is 5.79 Å². The molecule has 0 saturated carbocycles. The van der Waals surface area contributed by atoms with E-state index in [2.05, 4.69) is 39.0 Å². The first-order valence-electron chi connectivity index (χ1n) is 10.8. The molecule has 4 heteroatoms. The third-order valence-corrected chi connectivity index (χ3v) is 6.09. The minimum Gasteiger partial charge on any atom is -0.374 e. The van der Waals surface area contributed by atoms with Crippen molar-refractivity contribution in [2.24, 2.45) is 11.3 Å². The molecule has 1 fully saturated rings. The summed E-state index contributed by atoms with van der Waals surface area (Å²) in [5, 5.41) is 0. The van der Waals surface area contributed by atoms with E-state index in [9.17, 15) is 4.79 Å². The lowest BCUT2D eigenvalue weighted by Crippen LogP contribution is -2.58. The second-order valence-electron chi connectivity index (χ2n) is 8.77. The Hall–Kier alpha value is -1.49. The molecule has 2 rings (SSSR count). The molecule has 1 aromatic rings. The Morgan fingerprint density at radius 3 is 2.59 bits per heavy atom. The van der Waals surface area contributed by atoms with Gasteiger partial charge < -0.3 is 14.2 Å². The summed E-state index contributed by atoms with van der Waals surface area (Å²) in [5.41, 5.74) is 0.639. The van der Waals surface area contributed by atoms with Crippen LogP contribution < -0.4 is 0 Å². The van der Waals surface area contributed by atoms with Crippen LogP contribution in [-0.2, 0) is 25.6 Å². The maximum Gasteiger partial charge on any atom is 0.237 e. The highest BCUT2D eigenvalue weighted by Gasteiger charge is 2.54. The van der Waals surface area contributed by atoms with Gasteiger partial charge in [-0.15, -0.1) is 0 Å². The predicted molar refractivity (Wildman–Crippen MR) is 117 cm³/mol. The van der Waals surface area contributed by atoms with Crippen molar-refractivity contribution in [3.8, 4) is 0 Å². The molecule has 162 valence electrons. The zero-order valence-corrected chi connectivity index (χ0v) is 18.9. The average Bonchev–Trinajstić information content (AvgIpc) is 2.72. The molecule has 0 amide bonds. The molecule has 0 bridgehead atoms.